The Kier molecular flexibility index (Phi) is 3.36. The van der Waals surface area contributed by atoms with Crippen LogP contribution in [0.1, 0.15) is 50.8 Å². The first-order valence-corrected chi connectivity index (χ1v) is 5.81. The Balaban J connectivity index is 1.79. The van der Waals surface area contributed by atoms with Gasteiger partial charge in [0.2, 0.25) is 11.8 Å². The van der Waals surface area contributed by atoms with Crippen LogP contribution in [0.4, 0.5) is 0 Å². The highest BCUT2D eigenvalue weighted by Crippen LogP contribution is 2.35. The molecule has 0 spiro atoms. The molecule has 0 bridgehead atoms. The van der Waals surface area contributed by atoms with E-state index in [9.17, 15) is 0 Å². The van der Waals surface area contributed by atoms with Gasteiger partial charge in [-0.1, -0.05) is 20.3 Å². The lowest BCUT2D eigenvalue weighted by molar-refractivity contribution is 0.324. The molecular weight excluding hydrogens is 190 g/mol. The average molecular weight is 209 g/mol. The van der Waals surface area contributed by atoms with Crippen LogP contribution >= 0.6 is 0 Å². The van der Waals surface area contributed by atoms with Crippen molar-refractivity contribution in [3.63, 3.8) is 0 Å². The van der Waals surface area contributed by atoms with E-state index in [2.05, 4.69) is 29.4 Å². The second-order valence-electron chi connectivity index (χ2n) is 4.52. The summed E-state index contributed by atoms with van der Waals surface area (Å²) >= 11 is 0. The number of aromatic nitrogens is 2. The van der Waals surface area contributed by atoms with Gasteiger partial charge >= 0.3 is 0 Å². The largest absolute Gasteiger partial charge is 0.425 e. The molecule has 1 aliphatic rings. The molecule has 4 heteroatoms. The lowest BCUT2D eigenvalue weighted by Gasteiger charge is -2.20. The summed E-state index contributed by atoms with van der Waals surface area (Å²) in [6.45, 7) is 5.17. The van der Waals surface area contributed by atoms with Crippen LogP contribution in [0.2, 0.25) is 0 Å². The molecule has 0 amide bonds. The molecule has 84 valence electrons. The first-order chi connectivity index (χ1) is 7.25. The van der Waals surface area contributed by atoms with Crippen LogP contribution < -0.4 is 5.32 Å². The quantitative estimate of drug-likeness (QED) is 0.804. The molecule has 0 aliphatic heterocycles. The van der Waals surface area contributed by atoms with E-state index in [1.807, 2.05) is 0 Å². The van der Waals surface area contributed by atoms with Crippen molar-refractivity contribution in [2.45, 2.75) is 51.5 Å². The van der Waals surface area contributed by atoms with Crippen LogP contribution in [0.5, 0.6) is 0 Å². The zero-order valence-corrected chi connectivity index (χ0v) is 9.49. The third-order valence-corrected chi connectivity index (χ3v) is 2.83. The summed E-state index contributed by atoms with van der Waals surface area (Å²) in [6.07, 6.45) is 4.56. The fourth-order valence-corrected chi connectivity index (χ4v) is 1.66. The zero-order chi connectivity index (χ0) is 10.7. The van der Waals surface area contributed by atoms with Gasteiger partial charge in [0, 0.05) is 24.9 Å². The van der Waals surface area contributed by atoms with E-state index in [-0.39, 0.29) is 0 Å². The highest BCUT2D eigenvalue weighted by atomic mass is 16.4. The first-order valence-electron chi connectivity index (χ1n) is 5.81. The molecule has 1 aromatic rings. The maximum absolute atomic E-state index is 5.61. The van der Waals surface area contributed by atoms with Crippen LogP contribution in [0.3, 0.4) is 0 Å². The number of hydrogen-bond acceptors (Lipinski definition) is 4. The lowest BCUT2D eigenvalue weighted by atomic mass is 9.85. The van der Waals surface area contributed by atoms with Crippen molar-refractivity contribution in [2.75, 3.05) is 6.54 Å². The minimum Gasteiger partial charge on any atom is -0.425 e. The Hall–Kier alpha value is -0.900. The summed E-state index contributed by atoms with van der Waals surface area (Å²) in [5.41, 5.74) is 0. The van der Waals surface area contributed by atoms with E-state index in [1.54, 1.807) is 0 Å². The zero-order valence-electron chi connectivity index (χ0n) is 9.49. The topological polar surface area (TPSA) is 51.0 Å². The molecule has 0 unspecified atom stereocenters. The predicted molar refractivity (Wildman–Crippen MR) is 57.7 cm³/mol. The third kappa shape index (κ3) is 2.78. The second-order valence-corrected chi connectivity index (χ2v) is 4.52. The normalized spacial score (nSPS) is 17.0. The highest BCUT2D eigenvalue weighted by molar-refractivity contribution is 4.96. The molecule has 0 radical (unpaired) electrons. The molecule has 0 atom stereocenters. The summed E-state index contributed by atoms with van der Waals surface area (Å²) in [6, 6.07) is 0.513. The van der Waals surface area contributed by atoms with E-state index >= 15 is 0 Å². The van der Waals surface area contributed by atoms with Gasteiger partial charge in [-0.05, 0) is 12.8 Å². The van der Waals surface area contributed by atoms with E-state index in [0.29, 0.717) is 12.0 Å². The van der Waals surface area contributed by atoms with Gasteiger partial charge in [-0.2, -0.15) is 0 Å². The van der Waals surface area contributed by atoms with Crippen molar-refractivity contribution in [1.29, 1.82) is 0 Å². The lowest BCUT2D eigenvalue weighted by Crippen LogP contribution is -2.25. The van der Waals surface area contributed by atoms with Crippen LogP contribution in [-0.4, -0.2) is 22.8 Å². The molecule has 1 fully saturated rings. The Bertz CT molecular complexity index is 305. The van der Waals surface area contributed by atoms with Gasteiger partial charge in [-0.25, -0.2) is 0 Å². The molecule has 4 nitrogen and oxygen atoms in total. The van der Waals surface area contributed by atoms with Gasteiger partial charge in [0.05, 0.1) is 0 Å². The summed E-state index contributed by atoms with van der Waals surface area (Å²) in [5, 5.41) is 11.5. The molecule has 1 heterocycles. The van der Waals surface area contributed by atoms with Crippen LogP contribution in [0, 0.1) is 0 Å². The van der Waals surface area contributed by atoms with Gasteiger partial charge in [0.25, 0.3) is 0 Å². The number of hydrogen-bond donors (Lipinski definition) is 1. The summed E-state index contributed by atoms with van der Waals surface area (Å²) in [4.78, 5) is 0. The highest BCUT2D eigenvalue weighted by Gasteiger charge is 2.24. The smallest absolute Gasteiger partial charge is 0.219 e. The molecule has 1 aliphatic carbocycles. The maximum atomic E-state index is 5.61. The van der Waals surface area contributed by atoms with E-state index < -0.39 is 0 Å². The fraction of sp³-hybridized carbons (Fsp3) is 0.818. The molecule has 1 saturated carbocycles. The Labute approximate surface area is 90.5 Å². The average Bonchev–Trinajstić information content (AvgIpc) is 2.49. The van der Waals surface area contributed by atoms with Crippen LogP contribution in [0.15, 0.2) is 4.42 Å². The number of nitrogens with zero attached hydrogens (tertiary/aromatic N) is 2. The van der Waals surface area contributed by atoms with Crippen molar-refractivity contribution in [1.82, 2.24) is 15.5 Å². The first kappa shape index (κ1) is 10.6. The van der Waals surface area contributed by atoms with Crippen LogP contribution in [-0.2, 0) is 6.42 Å². The summed E-state index contributed by atoms with van der Waals surface area (Å²) in [5.74, 6) is 2.16. The third-order valence-electron chi connectivity index (χ3n) is 2.83. The second kappa shape index (κ2) is 4.75. The van der Waals surface area contributed by atoms with Crippen molar-refractivity contribution in [3.05, 3.63) is 11.8 Å². The van der Waals surface area contributed by atoms with Gasteiger partial charge in [0.15, 0.2) is 0 Å². The Morgan fingerprint density at radius 3 is 2.80 bits per heavy atom. The van der Waals surface area contributed by atoms with E-state index in [1.165, 1.54) is 19.3 Å². The summed E-state index contributed by atoms with van der Waals surface area (Å²) < 4.78 is 5.61. The number of nitrogens with one attached hydrogen (secondary N) is 1. The number of rotatable bonds is 5. The van der Waals surface area contributed by atoms with Crippen LogP contribution in [0.25, 0.3) is 0 Å². The van der Waals surface area contributed by atoms with Gasteiger partial charge < -0.3 is 9.73 Å². The minimum atomic E-state index is 0.513. The van der Waals surface area contributed by atoms with E-state index in [4.69, 9.17) is 4.42 Å². The SMILES string of the molecule is CC(C)NCCc1nnc(C2CCC2)o1. The predicted octanol–water partition coefficient (Wildman–Crippen LogP) is 1.88. The van der Waals surface area contributed by atoms with Crippen molar-refractivity contribution >= 4 is 0 Å². The van der Waals surface area contributed by atoms with Gasteiger partial charge in [0.1, 0.15) is 0 Å². The molecule has 2 rings (SSSR count). The van der Waals surface area contributed by atoms with Crippen molar-refractivity contribution < 1.29 is 4.42 Å². The Morgan fingerprint density at radius 2 is 2.20 bits per heavy atom. The molecule has 15 heavy (non-hydrogen) atoms. The van der Waals surface area contributed by atoms with Crippen molar-refractivity contribution in [2.24, 2.45) is 0 Å². The van der Waals surface area contributed by atoms with E-state index in [0.717, 1.165) is 24.7 Å². The van der Waals surface area contributed by atoms with Gasteiger partial charge in [-0.15, -0.1) is 10.2 Å². The molecule has 1 aromatic heterocycles. The van der Waals surface area contributed by atoms with Gasteiger partial charge in [-0.3, -0.25) is 0 Å². The summed E-state index contributed by atoms with van der Waals surface area (Å²) in [7, 11) is 0. The maximum Gasteiger partial charge on any atom is 0.219 e. The molecular formula is C11H19N3O. The molecule has 0 aromatic carbocycles. The monoisotopic (exact) mass is 209 g/mol. The van der Waals surface area contributed by atoms with Crippen molar-refractivity contribution in [3.8, 4) is 0 Å². The standard InChI is InChI=1S/C11H19N3O/c1-8(2)12-7-6-10-13-14-11(15-10)9-4-3-5-9/h8-9,12H,3-7H2,1-2H3. The fourth-order valence-electron chi connectivity index (χ4n) is 1.66. The molecule has 1 N–H and O–H groups in total. The minimum absolute atomic E-state index is 0.513. The Morgan fingerprint density at radius 1 is 1.40 bits per heavy atom. The molecule has 0 saturated heterocycles.